The summed E-state index contributed by atoms with van der Waals surface area (Å²) in [4.78, 5) is 28.7. The van der Waals surface area contributed by atoms with E-state index in [1.165, 1.54) is 0 Å². The molecule has 0 aliphatic carbocycles. The number of carbonyl (C=O) groups excluding carboxylic acids is 2. The molecule has 0 N–H and O–H groups in total. The third-order valence-electron chi connectivity index (χ3n) is 7.47. The van der Waals surface area contributed by atoms with Crippen LogP contribution in [-0.2, 0) is 20.8 Å². The highest BCUT2D eigenvalue weighted by atomic mass is 16.6. The molecule has 4 rings (SSSR count). The standard InChI is InChI=1S/C26H38N2O5/c1-25(2,3)33-24(30)28-15-11-22(12-16-28)26(18-31-19-26)21-9-13-27(14-10-21)23(29)32-17-20-7-5-4-6-8-20/h4-8,21-22H,9-19H2,1-3H3. The second kappa shape index (κ2) is 9.92. The second-order valence-corrected chi connectivity index (χ2v) is 10.8. The van der Waals surface area contributed by atoms with E-state index in [0.717, 1.165) is 70.6 Å². The summed E-state index contributed by atoms with van der Waals surface area (Å²) in [6.07, 6.45) is 3.51. The number of nitrogens with zero attached hydrogens (tertiary/aromatic N) is 2. The summed E-state index contributed by atoms with van der Waals surface area (Å²) >= 11 is 0. The van der Waals surface area contributed by atoms with Crippen LogP contribution in [0.5, 0.6) is 0 Å². The Morgan fingerprint density at radius 1 is 0.909 bits per heavy atom. The first-order valence-corrected chi connectivity index (χ1v) is 12.3. The predicted octanol–water partition coefficient (Wildman–Crippen LogP) is 4.70. The van der Waals surface area contributed by atoms with Gasteiger partial charge in [0.2, 0.25) is 0 Å². The zero-order valence-corrected chi connectivity index (χ0v) is 20.3. The molecule has 3 aliphatic rings. The minimum atomic E-state index is -0.465. The molecular formula is C26H38N2O5. The molecule has 0 aromatic heterocycles. The minimum absolute atomic E-state index is 0.181. The number of carbonyl (C=O) groups is 2. The fourth-order valence-electron chi connectivity index (χ4n) is 5.55. The molecule has 0 spiro atoms. The van der Waals surface area contributed by atoms with Gasteiger partial charge in [0.15, 0.2) is 0 Å². The van der Waals surface area contributed by atoms with Gasteiger partial charge in [-0.15, -0.1) is 0 Å². The molecule has 0 saturated carbocycles. The maximum atomic E-state index is 12.5. The van der Waals surface area contributed by atoms with E-state index in [-0.39, 0.29) is 17.6 Å². The molecule has 7 nitrogen and oxygen atoms in total. The van der Waals surface area contributed by atoms with Crippen LogP contribution < -0.4 is 0 Å². The summed E-state index contributed by atoms with van der Waals surface area (Å²) in [5.74, 6) is 1.09. The van der Waals surface area contributed by atoms with Gasteiger partial charge in [-0.3, -0.25) is 0 Å². The highest BCUT2D eigenvalue weighted by molar-refractivity contribution is 5.68. The number of rotatable bonds is 4. The molecule has 7 heteroatoms. The van der Waals surface area contributed by atoms with Crippen molar-refractivity contribution in [3.8, 4) is 0 Å². The molecule has 33 heavy (non-hydrogen) atoms. The Labute approximate surface area is 197 Å². The Morgan fingerprint density at radius 2 is 1.42 bits per heavy atom. The highest BCUT2D eigenvalue weighted by Gasteiger charge is 2.52. The van der Waals surface area contributed by atoms with Crippen molar-refractivity contribution >= 4 is 12.2 Å². The Morgan fingerprint density at radius 3 is 1.88 bits per heavy atom. The van der Waals surface area contributed by atoms with Crippen molar-refractivity contribution in [1.82, 2.24) is 9.80 Å². The molecule has 2 amide bonds. The molecule has 0 bridgehead atoms. The summed E-state index contributed by atoms with van der Waals surface area (Å²) < 4.78 is 16.8. The summed E-state index contributed by atoms with van der Waals surface area (Å²) in [7, 11) is 0. The first-order chi connectivity index (χ1) is 15.8. The first-order valence-electron chi connectivity index (χ1n) is 12.3. The second-order valence-electron chi connectivity index (χ2n) is 10.8. The van der Waals surface area contributed by atoms with E-state index in [1.807, 2.05) is 60.9 Å². The largest absolute Gasteiger partial charge is 0.445 e. The van der Waals surface area contributed by atoms with Gasteiger partial charge in [0, 0.05) is 31.6 Å². The number of amides is 2. The van der Waals surface area contributed by atoms with Crippen LogP contribution in [0.2, 0.25) is 0 Å². The van der Waals surface area contributed by atoms with Crippen LogP contribution >= 0.6 is 0 Å². The predicted molar refractivity (Wildman–Crippen MR) is 125 cm³/mol. The highest BCUT2D eigenvalue weighted by Crippen LogP contribution is 2.50. The van der Waals surface area contributed by atoms with Gasteiger partial charge in [0.1, 0.15) is 12.2 Å². The molecule has 3 aliphatic heterocycles. The number of likely N-dealkylation sites (tertiary alicyclic amines) is 2. The van der Waals surface area contributed by atoms with E-state index in [1.54, 1.807) is 0 Å². The third-order valence-corrected chi connectivity index (χ3v) is 7.47. The maximum Gasteiger partial charge on any atom is 0.410 e. The third kappa shape index (κ3) is 5.62. The fraction of sp³-hybridized carbons (Fsp3) is 0.692. The lowest BCUT2D eigenvalue weighted by molar-refractivity contribution is -0.193. The molecule has 3 heterocycles. The molecule has 3 fully saturated rings. The maximum absolute atomic E-state index is 12.5. The molecule has 0 unspecified atom stereocenters. The average Bonchev–Trinajstić information content (AvgIpc) is 2.77. The molecule has 0 atom stereocenters. The SMILES string of the molecule is CC(C)(C)OC(=O)N1CCC(C2(C3CCN(C(=O)OCc4ccccc4)CC3)COC2)CC1. The van der Waals surface area contributed by atoms with E-state index in [0.29, 0.717) is 18.4 Å². The summed E-state index contributed by atoms with van der Waals surface area (Å²) in [5, 5.41) is 0. The van der Waals surface area contributed by atoms with Crippen LogP contribution in [0.3, 0.4) is 0 Å². The normalized spacial score (nSPS) is 21.9. The lowest BCUT2D eigenvalue weighted by Crippen LogP contribution is -2.58. The number of hydrogen-bond donors (Lipinski definition) is 0. The summed E-state index contributed by atoms with van der Waals surface area (Å²) in [6.45, 7) is 10.6. The van der Waals surface area contributed by atoms with Crippen molar-refractivity contribution < 1.29 is 23.8 Å². The minimum Gasteiger partial charge on any atom is -0.445 e. The van der Waals surface area contributed by atoms with Crippen molar-refractivity contribution in [3.63, 3.8) is 0 Å². The van der Waals surface area contributed by atoms with Gasteiger partial charge >= 0.3 is 12.2 Å². The molecule has 182 valence electrons. The topological polar surface area (TPSA) is 68.3 Å². The smallest absolute Gasteiger partial charge is 0.410 e. The molecule has 1 aromatic rings. The zero-order chi connectivity index (χ0) is 23.5. The fourth-order valence-corrected chi connectivity index (χ4v) is 5.55. The average molecular weight is 459 g/mol. The van der Waals surface area contributed by atoms with Crippen LogP contribution in [0, 0.1) is 17.3 Å². The van der Waals surface area contributed by atoms with Crippen LogP contribution in [-0.4, -0.2) is 67.0 Å². The van der Waals surface area contributed by atoms with Gasteiger partial charge in [-0.2, -0.15) is 0 Å². The number of hydrogen-bond acceptors (Lipinski definition) is 5. The van der Waals surface area contributed by atoms with Crippen molar-refractivity contribution in [3.05, 3.63) is 35.9 Å². The van der Waals surface area contributed by atoms with Crippen molar-refractivity contribution in [2.45, 2.75) is 58.7 Å². The number of piperidine rings is 2. The van der Waals surface area contributed by atoms with Crippen molar-refractivity contribution in [2.24, 2.45) is 17.3 Å². The van der Waals surface area contributed by atoms with E-state index in [4.69, 9.17) is 14.2 Å². The lowest BCUT2D eigenvalue weighted by Gasteiger charge is -2.55. The van der Waals surface area contributed by atoms with E-state index in [2.05, 4.69) is 0 Å². The van der Waals surface area contributed by atoms with Crippen LogP contribution in [0.4, 0.5) is 9.59 Å². The van der Waals surface area contributed by atoms with Crippen LogP contribution in [0.1, 0.15) is 52.0 Å². The van der Waals surface area contributed by atoms with Gasteiger partial charge in [-0.25, -0.2) is 9.59 Å². The molecule has 1 aromatic carbocycles. The molecule has 0 radical (unpaired) electrons. The molecule has 3 saturated heterocycles. The monoisotopic (exact) mass is 458 g/mol. The van der Waals surface area contributed by atoms with E-state index in [9.17, 15) is 9.59 Å². The quantitative estimate of drug-likeness (QED) is 0.654. The Balaban J connectivity index is 1.26. The van der Waals surface area contributed by atoms with Crippen LogP contribution in [0.15, 0.2) is 30.3 Å². The summed E-state index contributed by atoms with van der Waals surface area (Å²) in [6, 6.07) is 9.79. The van der Waals surface area contributed by atoms with Crippen molar-refractivity contribution in [1.29, 1.82) is 0 Å². The molecular weight excluding hydrogens is 420 g/mol. The van der Waals surface area contributed by atoms with E-state index >= 15 is 0 Å². The van der Waals surface area contributed by atoms with Gasteiger partial charge in [-0.1, -0.05) is 30.3 Å². The van der Waals surface area contributed by atoms with Gasteiger partial charge in [0.25, 0.3) is 0 Å². The Hall–Kier alpha value is -2.28. The van der Waals surface area contributed by atoms with E-state index < -0.39 is 5.60 Å². The summed E-state index contributed by atoms with van der Waals surface area (Å²) in [5.41, 5.74) is 0.719. The van der Waals surface area contributed by atoms with Crippen LogP contribution in [0.25, 0.3) is 0 Å². The lowest BCUT2D eigenvalue weighted by atomic mass is 9.59. The van der Waals surface area contributed by atoms with Gasteiger partial charge < -0.3 is 24.0 Å². The Bertz CT molecular complexity index is 802. The van der Waals surface area contributed by atoms with Crippen molar-refractivity contribution in [2.75, 3.05) is 39.4 Å². The number of ether oxygens (including phenoxy) is 3. The van der Waals surface area contributed by atoms with Gasteiger partial charge in [-0.05, 0) is 63.9 Å². The zero-order valence-electron chi connectivity index (χ0n) is 20.3. The number of benzene rings is 1. The van der Waals surface area contributed by atoms with Gasteiger partial charge in [0.05, 0.1) is 13.2 Å². The Kier molecular flexibility index (Phi) is 7.17. The first kappa shape index (κ1) is 23.9.